The van der Waals surface area contributed by atoms with Crippen LogP contribution >= 0.6 is 22.6 Å². The van der Waals surface area contributed by atoms with E-state index < -0.39 is 0 Å². The molecule has 0 amide bonds. The fourth-order valence-corrected chi connectivity index (χ4v) is 3.23. The smallest absolute Gasteiger partial charge is 0.141 e. The van der Waals surface area contributed by atoms with Crippen molar-refractivity contribution in [1.29, 1.82) is 0 Å². The van der Waals surface area contributed by atoms with Crippen molar-refractivity contribution in [1.82, 2.24) is 9.97 Å². The molecule has 3 rings (SSSR count). The maximum Gasteiger partial charge on any atom is 0.141 e. The molecule has 0 spiro atoms. The zero-order valence-corrected chi connectivity index (χ0v) is 14.6. The molecular formula is C17H20IN3. The lowest BCUT2D eigenvalue weighted by molar-refractivity contribution is 0.621. The van der Waals surface area contributed by atoms with Gasteiger partial charge >= 0.3 is 0 Å². The van der Waals surface area contributed by atoms with Gasteiger partial charge in [0, 0.05) is 0 Å². The summed E-state index contributed by atoms with van der Waals surface area (Å²) < 4.78 is 1.01. The van der Waals surface area contributed by atoms with Crippen LogP contribution in [0.3, 0.4) is 0 Å². The van der Waals surface area contributed by atoms with E-state index in [4.69, 9.17) is 10.7 Å². The molecule has 0 atom stereocenters. The minimum Gasteiger partial charge on any atom is -0.383 e. The summed E-state index contributed by atoms with van der Waals surface area (Å²) in [5, 5.41) is 0. The second-order valence-electron chi connectivity index (χ2n) is 6.24. The summed E-state index contributed by atoms with van der Waals surface area (Å²) in [5.41, 5.74) is 8.53. The van der Waals surface area contributed by atoms with Gasteiger partial charge in [-0.1, -0.05) is 44.2 Å². The molecule has 4 heteroatoms. The second kappa shape index (κ2) is 5.55. The fraction of sp³-hybridized carbons (Fsp3) is 0.412. The van der Waals surface area contributed by atoms with Gasteiger partial charge in [0.2, 0.25) is 0 Å². The van der Waals surface area contributed by atoms with Gasteiger partial charge in [-0.15, -0.1) is 0 Å². The number of nitrogen functional groups attached to an aromatic ring is 1. The predicted molar refractivity (Wildman–Crippen MR) is 94.2 cm³/mol. The lowest BCUT2D eigenvalue weighted by Crippen LogP contribution is -2.18. The van der Waals surface area contributed by atoms with Crippen molar-refractivity contribution in [2.75, 3.05) is 5.73 Å². The van der Waals surface area contributed by atoms with E-state index in [0.717, 1.165) is 34.4 Å². The first-order valence-corrected chi connectivity index (χ1v) is 8.49. The van der Waals surface area contributed by atoms with Gasteiger partial charge in [0.25, 0.3) is 0 Å². The van der Waals surface area contributed by atoms with E-state index in [0.29, 0.717) is 11.7 Å². The summed E-state index contributed by atoms with van der Waals surface area (Å²) >= 11 is 2.27. The minimum absolute atomic E-state index is 0.00848. The molecule has 2 aromatic rings. The van der Waals surface area contributed by atoms with E-state index in [1.807, 2.05) is 6.07 Å². The van der Waals surface area contributed by atoms with E-state index in [9.17, 15) is 0 Å². The van der Waals surface area contributed by atoms with Crippen molar-refractivity contribution in [2.45, 2.75) is 38.5 Å². The van der Waals surface area contributed by atoms with Gasteiger partial charge in [-0.3, -0.25) is 0 Å². The fourth-order valence-electron chi connectivity index (χ4n) is 2.77. The number of aromatic nitrogens is 2. The third-order valence-electron chi connectivity index (χ3n) is 4.05. The molecule has 0 radical (unpaired) electrons. The Morgan fingerprint density at radius 3 is 2.43 bits per heavy atom. The number of rotatable bonds is 4. The number of hydrogen-bond donors (Lipinski definition) is 1. The van der Waals surface area contributed by atoms with Crippen LogP contribution in [0, 0.1) is 9.49 Å². The monoisotopic (exact) mass is 393 g/mol. The Morgan fingerprint density at radius 1 is 1.19 bits per heavy atom. The standard InChI is InChI=1S/C17H20IN3/c1-11(2)10-13-14(18)15(19)21-16(20-13)17(8-9-17)12-6-4-3-5-7-12/h3-7,11H,8-10H2,1-2H3,(H2,19,20,21). The van der Waals surface area contributed by atoms with E-state index in [1.165, 1.54) is 5.56 Å². The number of hydrogen-bond acceptors (Lipinski definition) is 3. The topological polar surface area (TPSA) is 51.8 Å². The molecule has 110 valence electrons. The van der Waals surface area contributed by atoms with Crippen LogP contribution in [0.2, 0.25) is 0 Å². The SMILES string of the molecule is CC(C)Cc1nc(C2(c3ccccc3)CC2)nc(N)c1I. The van der Waals surface area contributed by atoms with Gasteiger partial charge in [0.05, 0.1) is 14.7 Å². The van der Waals surface area contributed by atoms with Crippen LogP contribution < -0.4 is 5.73 Å². The molecule has 1 aliphatic rings. The average Bonchev–Trinajstić information content (AvgIpc) is 3.26. The van der Waals surface area contributed by atoms with Crippen LogP contribution in [0.5, 0.6) is 0 Å². The number of benzene rings is 1. The summed E-state index contributed by atoms with van der Waals surface area (Å²) in [6, 6.07) is 10.6. The van der Waals surface area contributed by atoms with Crippen molar-refractivity contribution < 1.29 is 0 Å². The molecule has 1 fully saturated rings. The van der Waals surface area contributed by atoms with Crippen LogP contribution in [0.1, 0.15) is 43.8 Å². The van der Waals surface area contributed by atoms with Crippen LogP contribution in [0.15, 0.2) is 30.3 Å². The number of anilines is 1. The van der Waals surface area contributed by atoms with Crippen molar-refractivity contribution in [3.8, 4) is 0 Å². The van der Waals surface area contributed by atoms with Crippen LogP contribution in [-0.2, 0) is 11.8 Å². The molecule has 0 unspecified atom stereocenters. The predicted octanol–water partition coefficient (Wildman–Crippen LogP) is 3.94. The van der Waals surface area contributed by atoms with E-state index in [1.54, 1.807) is 0 Å². The molecule has 1 heterocycles. The highest BCUT2D eigenvalue weighted by atomic mass is 127. The van der Waals surface area contributed by atoms with Crippen molar-refractivity contribution in [3.05, 3.63) is 51.0 Å². The van der Waals surface area contributed by atoms with Crippen LogP contribution in [0.4, 0.5) is 5.82 Å². The zero-order valence-electron chi connectivity index (χ0n) is 12.4. The lowest BCUT2D eigenvalue weighted by atomic mass is 9.94. The highest BCUT2D eigenvalue weighted by molar-refractivity contribution is 14.1. The summed E-state index contributed by atoms with van der Waals surface area (Å²) in [6.45, 7) is 4.41. The highest BCUT2D eigenvalue weighted by Gasteiger charge is 2.49. The van der Waals surface area contributed by atoms with Gasteiger partial charge in [-0.25, -0.2) is 9.97 Å². The zero-order chi connectivity index (χ0) is 15.0. The Hall–Kier alpha value is -1.17. The van der Waals surface area contributed by atoms with E-state index >= 15 is 0 Å². The van der Waals surface area contributed by atoms with E-state index in [2.05, 4.69) is 65.7 Å². The molecule has 3 nitrogen and oxygen atoms in total. The molecule has 0 aliphatic heterocycles. The molecule has 1 saturated carbocycles. The average molecular weight is 393 g/mol. The van der Waals surface area contributed by atoms with E-state index in [-0.39, 0.29) is 5.41 Å². The molecule has 2 N–H and O–H groups in total. The largest absolute Gasteiger partial charge is 0.383 e. The summed E-state index contributed by atoms with van der Waals surface area (Å²) in [5.74, 6) is 2.09. The third-order valence-corrected chi connectivity index (χ3v) is 5.23. The third kappa shape index (κ3) is 2.78. The Bertz CT molecular complexity index is 649. The summed E-state index contributed by atoms with van der Waals surface area (Å²) in [4.78, 5) is 9.50. The Morgan fingerprint density at radius 2 is 1.86 bits per heavy atom. The van der Waals surface area contributed by atoms with Gasteiger partial charge in [-0.05, 0) is 53.3 Å². The normalized spacial score (nSPS) is 16.2. The van der Waals surface area contributed by atoms with Crippen LogP contribution in [-0.4, -0.2) is 9.97 Å². The first kappa shape index (κ1) is 14.8. The molecule has 21 heavy (non-hydrogen) atoms. The quantitative estimate of drug-likeness (QED) is 0.801. The van der Waals surface area contributed by atoms with Crippen LogP contribution in [0.25, 0.3) is 0 Å². The summed E-state index contributed by atoms with van der Waals surface area (Å²) in [7, 11) is 0. The number of nitrogens with zero attached hydrogens (tertiary/aromatic N) is 2. The molecule has 1 aromatic carbocycles. The maximum absolute atomic E-state index is 6.14. The highest BCUT2D eigenvalue weighted by Crippen LogP contribution is 2.52. The van der Waals surface area contributed by atoms with Crippen molar-refractivity contribution in [2.24, 2.45) is 5.92 Å². The van der Waals surface area contributed by atoms with Gasteiger partial charge in [0.15, 0.2) is 0 Å². The maximum atomic E-state index is 6.14. The Labute approximate surface area is 139 Å². The Kier molecular flexibility index (Phi) is 3.90. The van der Waals surface area contributed by atoms with Gasteiger partial charge in [-0.2, -0.15) is 0 Å². The van der Waals surface area contributed by atoms with Crippen molar-refractivity contribution in [3.63, 3.8) is 0 Å². The molecule has 0 bridgehead atoms. The molecule has 0 saturated heterocycles. The first-order valence-electron chi connectivity index (χ1n) is 7.41. The molecular weight excluding hydrogens is 373 g/mol. The molecule has 1 aliphatic carbocycles. The Balaban J connectivity index is 2.05. The van der Waals surface area contributed by atoms with Crippen molar-refractivity contribution >= 4 is 28.4 Å². The second-order valence-corrected chi connectivity index (χ2v) is 7.32. The van der Waals surface area contributed by atoms with Gasteiger partial charge < -0.3 is 5.73 Å². The number of nitrogens with two attached hydrogens (primary N) is 1. The van der Waals surface area contributed by atoms with Gasteiger partial charge in [0.1, 0.15) is 11.6 Å². The first-order chi connectivity index (χ1) is 10.0. The molecule has 1 aromatic heterocycles. The summed E-state index contributed by atoms with van der Waals surface area (Å²) in [6.07, 6.45) is 3.17. The minimum atomic E-state index is -0.00848. The lowest BCUT2D eigenvalue weighted by Gasteiger charge is -2.17. The number of halogens is 1.